The Labute approximate surface area is 130 Å². The van der Waals surface area contributed by atoms with Gasteiger partial charge in [-0.15, -0.1) is 0 Å². The molecule has 2 aromatic carbocycles. The van der Waals surface area contributed by atoms with Crippen LogP contribution in [-0.4, -0.2) is 14.5 Å². The maximum Gasteiger partial charge on any atom is 0.176 e. The summed E-state index contributed by atoms with van der Waals surface area (Å²) in [6, 6.07) is 16.1. The third kappa shape index (κ3) is 1.97. The van der Waals surface area contributed by atoms with Crippen LogP contribution in [0.2, 0.25) is 0 Å². The molecule has 102 valence electrons. The van der Waals surface area contributed by atoms with Crippen molar-refractivity contribution in [2.24, 2.45) is 0 Å². The lowest BCUT2D eigenvalue weighted by molar-refractivity contribution is 1.07. The van der Waals surface area contributed by atoms with Crippen molar-refractivity contribution < 1.29 is 0 Å². The van der Waals surface area contributed by atoms with E-state index in [-0.39, 0.29) is 0 Å². The second kappa shape index (κ2) is 4.72. The van der Waals surface area contributed by atoms with Crippen LogP contribution in [0.15, 0.2) is 48.5 Å². The molecule has 2 aromatic heterocycles. The molecular weight excluding hydrogens is 298 g/mol. The third-order valence-electron chi connectivity index (χ3n) is 3.46. The number of thiazole rings is 1. The Hall–Kier alpha value is -2.11. The molecule has 0 atom stereocenters. The molecule has 0 unspecified atom stereocenters. The first-order chi connectivity index (χ1) is 10.2. The fourth-order valence-corrected chi connectivity index (χ4v) is 3.67. The fraction of sp³-hybridized carbons (Fsp3) is 0.0625. The lowest BCUT2D eigenvalue weighted by atomic mass is 10.2. The number of nitrogens with zero attached hydrogens (tertiary/aromatic N) is 3. The molecule has 0 N–H and O–H groups in total. The Morgan fingerprint density at radius 1 is 0.952 bits per heavy atom. The average molecular weight is 309 g/mol. The number of aryl methyl sites for hydroxylation is 1. The first kappa shape index (κ1) is 12.6. The summed E-state index contributed by atoms with van der Waals surface area (Å²) in [5, 5.41) is 0. The zero-order chi connectivity index (χ0) is 14.4. The van der Waals surface area contributed by atoms with Gasteiger partial charge in [0, 0.05) is 0 Å². The van der Waals surface area contributed by atoms with Gasteiger partial charge in [-0.2, -0.15) is 0 Å². The molecule has 3 nitrogen and oxygen atoms in total. The zero-order valence-corrected chi connectivity index (χ0v) is 12.9. The Bertz CT molecular complexity index is 1030. The fourth-order valence-electron chi connectivity index (χ4n) is 2.43. The van der Waals surface area contributed by atoms with Gasteiger partial charge in [-0.3, -0.25) is 4.57 Å². The van der Waals surface area contributed by atoms with Gasteiger partial charge in [0.25, 0.3) is 0 Å². The van der Waals surface area contributed by atoms with Crippen molar-refractivity contribution in [1.29, 1.82) is 0 Å². The summed E-state index contributed by atoms with van der Waals surface area (Å²) in [4.78, 5) is 10.3. The van der Waals surface area contributed by atoms with E-state index in [4.69, 9.17) is 17.2 Å². The maximum absolute atomic E-state index is 5.53. The van der Waals surface area contributed by atoms with E-state index in [9.17, 15) is 0 Å². The normalized spacial score (nSPS) is 11.3. The molecule has 0 aliphatic rings. The van der Waals surface area contributed by atoms with Crippen molar-refractivity contribution >= 4 is 45.1 Å². The number of rotatable bonds is 1. The summed E-state index contributed by atoms with van der Waals surface area (Å²) >= 11 is 7.04. The molecule has 0 fully saturated rings. The van der Waals surface area contributed by atoms with E-state index in [0.717, 1.165) is 31.2 Å². The van der Waals surface area contributed by atoms with Crippen LogP contribution in [0, 0.1) is 10.9 Å². The lowest BCUT2D eigenvalue weighted by Crippen LogP contribution is -1.98. The predicted octanol–water partition coefficient (Wildman–Crippen LogP) is 4.67. The van der Waals surface area contributed by atoms with Gasteiger partial charge in [0.05, 0.1) is 16.7 Å². The smallest absolute Gasteiger partial charge is 0.176 e. The van der Waals surface area contributed by atoms with Crippen molar-refractivity contribution in [2.45, 2.75) is 6.92 Å². The molecule has 0 aliphatic heterocycles. The quantitative estimate of drug-likeness (QED) is 0.479. The van der Waals surface area contributed by atoms with Crippen molar-refractivity contribution in [3.63, 3.8) is 0 Å². The van der Waals surface area contributed by atoms with Crippen LogP contribution in [-0.2, 0) is 0 Å². The van der Waals surface area contributed by atoms with E-state index in [1.807, 2.05) is 41.0 Å². The molecule has 0 aliphatic carbocycles. The zero-order valence-electron chi connectivity index (χ0n) is 11.3. The Kier molecular flexibility index (Phi) is 2.83. The molecular formula is C16H11N3S2. The number of aromatic nitrogens is 3. The summed E-state index contributed by atoms with van der Waals surface area (Å²) in [5.74, 6) is 0. The minimum absolute atomic E-state index is 0.773. The molecule has 0 bridgehead atoms. The van der Waals surface area contributed by atoms with E-state index in [1.54, 1.807) is 0 Å². The standard InChI is InChI=1S/C16H11N3S2/c1-10-6-2-5-9-13(10)19-14-15(21-16(19)20)18-12-8-4-3-7-11(12)17-14/h2-9H,1H3. The SMILES string of the molecule is Cc1ccccc1-n1c(=S)sc2nc3ccccc3nc21. The number of fused-ring (bicyclic) bond motifs is 2. The molecule has 0 saturated heterocycles. The molecule has 2 heterocycles. The Morgan fingerprint density at radius 2 is 1.62 bits per heavy atom. The average Bonchev–Trinajstić information content (AvgIpc) is 2.80. The second-order valence-electron chi connectivity index (χ2n) is 4.83. The summed E-state index contributed by atoms with van der Waals surface area (Å²) in [7, 11) is 0. The largest absolute Gasteiger partial charge is 0.274 e. The molecule has 4 rings (SSSR count). The number of benzene rings is 2. The van der Waals surface area contributed by atoms with Crippen molar-refractivity contribution in [2.75, 3.05) is 0 Å². The predicted molar refractivity (Wildman–Crippen MR) is 89.8 cm³/mol. The van der Waals surface area contributed by atoms with Crippen LogP contribution in [0.3, 0.4) is 0 Å². The van der Waals surface area contributed by atoms with Gasteiger partial charge in [0.2, 0.25) is 0 Å². The summed E-state index contributed by atoms with van der Waals surface area (Å²) in [6.07, 6.45) is 0. The highest BCUT2D eigenvalue weighted by atomic mass is 32.1. The number of hydrogen-bond acceptors (Lipinski definition) is 4. The van der Waals surface area contributed by atoms with Crippen LogP contribution < -0.4 is 0 Å². The van der Waals surface area contributed by atoms with E-state index in [0.29, 0.717) is 0 Å². The topological polar surface area (TPSA) is 30.7 Å². The highest BCUT2D eigenvalue weighted by Crippen LogP contribution is 2.27. The molecule has 21 heavy (non-hydrogen) atoms. The van der Waals surface area contributed by atoms with Gasteiger partial charge < -0.3 is 0 Å². The summed E-state index contributed by atoms with van der Waals surface area (Å²) < 4.78 is 2.79. The molecule has 0 saturated carbocycles. The minimum atomic E-state index is 0.773. The first-order valence-corrected chi connectivity index (χ1v) is 7.81. The third-order valence-corrected chi connectivity index (χ3v) is 4.71. The molecule has 4 aromatic rings. The Morgan fingerprint density at radius 3 is 2.38 bits per heavy atom. The van der Waals surface area contributed by atoms with Crippen molar-refractivity contribution in [3.05, 3.63) is 58.0 Å². The van der Waals surface area contributed by atoms with Crippen molar-refractivity contribution in [3.8, 4) is 5.69 Å². The molecule has 0 radical (unpaired) electrons. The van der Waals surface area contributed by atoms with Gasteiger partial charge in [0.15, 0.2) is 14.4 Å². The van der Waals surface area contributed by atoms with Crippen LogP contribution in [0.25, 0.3) is 27.2 Å². The van der Waals surface area contributed by atoms with Crippen LogP contribution >= 0.6 is 23.6 Å². The van der Waals surface area contributed by atoms with Crippen LogP contribution in [0.1, 0.15) is 5.56 Å². The monoisotopic (exact) mass is 309 g/mol. The highest BCUT2D eigenvalue weighted by Gasteiger charge is 2.12. The van der Waals surface area contributed by atoms with Gasteiger partial charge in [0.1, 0.15) is 0 Å². The number of hydrogen-bond donors (Lipinski definition) is 0. The Balaban J connectivity index is 2.14. The first-order valence-electron chi connectivity index (χ1n) is 6.58. The molecule has 0 amide bonds. The van der Waals surface area contributed by atoms with Gasteiger partial charge in [-0.05, 0) is 42.9 Å². The van der Waals surface area contributed by atoms with Gasteiger partial charge in [-0.25, -0.2) is 9.97 Å². The highest BCUT2D eigenvalue weighted by molar-refractivity contribution is 7.73. The molecule has 0 spiro atoms. The van der Waals surface area contributed by atoms with Gasteiger partial charge >= 0.3 is 0 Å². The maximum atomic E-state index is 5.53. The van der Waals surface area contributed by atoms with E-state index >= 15 is 0 Å². The summed E-state index contributed by atoms with van der Waals surface area (Å²) in [5.41, 5.74) is 4.86. The van der Waals surface area contributed by atoms with E-state index < -0.39 is 0 Å². The minimum Gasteiger partial charge on any atom is -0.274 e. The number of para-hydroxylation sites is 3. The van der Waals surface area contributed by atoms with E-state index in [1.165, 1.54) is 16.9 Å². The van der Waals surface area contributed by atoms with Crippen LogP contribution in [0.5, 0.6) is 0 Å². The summed E-state index contributed by atoms with van der Waals surface area (Å²) in [6.45, 7) is 2.08. The lowest BCUT2D eigenvalue weighted by Gasteiger charge is -2.07. The van der Waals surface area contributed by atoms with Crippen LogP contribution in [0.4, 0.5) is 0 Å². The van der Waals surface area contributed by atoms with Crippen molar-refractivity contribution in [1.82, 2.24) is 14.5 Å². The van der Waals surface area contributed by atoms with E-state index in [2.05, 4.69) is 24.0 Å². The molecule has 5 heteroatoms. The second-order valence-corrected chi connectivity index (χ2v) is 6.45. The van der Waals surface area contributed by atoms with Gasteiger partial charge in [-0.1, -0.05) is 41.7 Å².